The first-order valence-corrected chi connectivity index (χ1v) is 7.89. The predicted molar refractivity (Wildman–Crippen MR) is 82.6 cm³/mol. The molecule has 18 heavy (non-hydrogen) atoms. The number of hydrogen-bond acceptors (Lipinski definition) is 3. The van der Waals surface area contributed by atoms with Gasteiger partial charge in [0.15, 0.2) is 0 Å². The van der Waals surface area contributed by atoms with Crippen molar-refractivity contribution in [2.24, 2.45) is 5.92 Å². The number of nitrogens with zero attached hydrogens (tertiary/aromatic N) is 1. The zero-order valence-corrected chi connectivity index (χ0v) is 13.4. The summed E-state index contributed by atoms with van der Waals surface area (Å²) in [6.45, 7) is 6.52. The first-order valence-electron chi connectivity index (χ1n) is 6.69. The second-order valence-corrected chi connectivity index (χ2v) is 6.74. The van der Waals surface area contributed by atoms with Gasteiger partial charge in [0, 0.05) is 24.0 Å². The van der Waals surface area contributed by atoms with Gasteiger partial charge in [-0.2, -0.15) is 0 Å². The molecule has 0 radical (unpaired) electrons. The summed E-state index contributed by atoms with van der Waals surface area (Å²) in [6.07, 6.45) is 2.48. The van der Waals surface area contributed by atoms with Crippen LogP contribution < -0.4 is 5.32 Å². The van der Waals surface area contributed by atoms with Crippen LogP contribution in [0.3, 0.4) is 0 Å². The highest BCUT2D eigenvalue weighted by atomic mass is 35.5. The molecule has 0 saturated heterocycles. The van der Waals surface area contributed by atoms with Gasteiger partial charge in [-0.25, -0.2) is 0 Å². The number of rotatable bonds is 8. The maximum atomic E-state index is 5.93. The molecule has 0 amide bonds. The summed E-state index contributed by atoms with van der Waals surface area (Å²) in [6, 6.07) is 4.67. The van der Waals surface area contributed by atoms with Crippen molar-refractivity contribution in [3.05, 3.63) is 21.3 Å². The summed E-state index contributed by atoms with van der Waals surface area (Å²) in [7, 11) is 4.35. The SMILES string of the molecule is CCC(CC)C(CNCc1ccc(Cl)s1)N(C)C. The van der Waals surface area contributed by atoms with Gasteiger partial charge >= 0.3 is 0 Å². The molecule has 2 nitrogen and oxygen atoms in total. The molecule has 0 spiro atoms. The molecule has 0 bridgehead atoms. The molecule has 1 heterocycles. The standard InChI is InChI=1S/C14H25ClN2S/c1-5-11(6-2)13(17(3)4)10-16-9-12-7-8-14(15)18-12/h7-8,11,13,16H,5-6,9-10H2,1-4H3. The molecule has 1 aromatic rings. The van der Waals surface area contributed by atoms with Crippen molar-refractivity contribution in [1.82, 2.24) is 10.2 Å². The summed E-state index contributed by atoms with van der Waals surface area (Å²) >= 11 is 7.59. The molecule has 1 aromatic heterocycles. The highest BCUT2D eigenvalue weighted by Crippen LogP contribution is 2.21. The van der Waals surface area contributed by atoms with Crippen LogP contribution in [-0.4, -0.2) is 31.6 Å². The van der Waals surface area contributed by atoms with E-state index in [1.54, 1.807) is 11.3 Å². The van der Waals surface area contributed by atoms with Gasteiger partial charge in [0.05, 0.1) is 4.34 Å². The fourth-order valence-corrected chi connectivity index (χ4v) is 3.45. The quantitative estimate of drug-likeness (QED) is 0.781. The van der Waals surface area contributed by atoms with Crippen molar-refractivity contribution < 1.29 is 0 Å². The van der Waals surface area contributed by atoms with Crippen molar-refractivity contribution >= 4 is 22.9 Å². The van der Waals surface area contributed by atoms with Crippen LogP contribution in [0.1, 0.15) is 31.6 Å². The molecule has 1 atom stereocenters. The molecule has 1 N–H and O–H groups in total. The predicted octanol–water partition coefficient (Wildman–Crippen LogP) is 3.86. The Labute approximate surface area is 120 Å². The zero-order chi connectivity index (χ0) is 13.5. The molecule has 1 unspecified atom stereocenters. The normalized spacial score (nSPS) is 13.5. The van der Waals surface area contributed by atoms with Gasteiger partial charge in [-0.15, -0.1) is 11.3 Å². The van der Waals surface area contributed by atoms with Crippen molar-refractivity contribution in [1.29, 1.82) is 0 Å². The fraction of sp³-hybridized carbons (Fsp3) is 0.714. The highest BCUT2D eigenvalue weighted by Gasteiger charge is 2.19. The van der Waals surface area contributed by atoms with Gasteiger partial charge in [-0.3, -0.25) is 0 Å². The topological polar surface area (TPSA) is 15.3 Å². The third-order valence-electron chi connectivity index (χ3n) is 3.54. The molecule has 0 aromatic carbocycles. The summed E-state index contributed by atoms with van der Waals surface area (Å²) in [5.74, 6) is 0.763. The minimum atomic E-state index is 0.607. The summed E-state index contributed by atoms with van der Waals surface area (Å²) in [5.41, 5.74) is 0. The third kappa shape index (κ3) is 4.88. The molecule has 4 heteroatoms. The minimum absolute atomic E-state index is 0.607. The number of nitrogens with one attached hydrogen (secondary N) is 1. The van der Waals surface area contributed by atoms with Crippen LogP contribution in [0.15, 0.2) is 12.1 Å². The lowest BCUT2D eigenvalue weighted by molar-refractivity contribution is 0.194. The van der Waals surface area contributed by atoms with E-state index in [2.05, 4.69) is 44.2 Å². The van der Waals surface area contributed by atoms with E-state index in [0.29, 0.717) is 6.04 Å². The Morgan fingerprint density at radius 1 is 1.28 bits per heavy atom. The molecule has 104 valence electrons. The Kier molecular flexibility index (Phi) is 7.23. The maximum Gasteiger partial charge on any atom is 0.0931 e. The van der Waals surface area contributed by atoms with Gasteiger partial charge in [0.25, 0.3) is 0 Å². The number of thiophene rings is 1. The van der Waals surface area contributed by atoms with Crippen molar-refractivity contribution in [3.8, 4) is 0 Å². The Bertz CT molecular complexity index is 334. The molecule has 0 aliphatic heterocycles. The van der Waals surface area contributed by atoms with Crippen LogP contribution in [0.2, 0.25) is 4.34 Å². The smallest absolute Gasteiger partial charge is 0.0931 e. The average molecular weight is 289 g/mol. The second-order valence-electron chi connectivity index (χ2n) is 4.94. The fourth-order valence-electron chi connectivity index (χ4n) is 2.39. The van der Waals surface area contributed by atoms with Crippen molar-refractivity contribution in [2.45, 2.75) is 39.3 Å². The molecular formula is C14H25ClN2S. The van der Waals surface area contributed by atoms with Crippen LogP contribution in [-0.2, 0) is 6.54 Å². The van der Waals surface area contributed by atoms with E-state index < -0.39 is 0 Å². The molecule has 1 rings (SSSR count). The van der Waals surface area contributed by atoms with Crippen LogP contribution in [0, 0.1) is 5.92 Å². The molecule has 0 aliphatic carbocycles. The van der Waals surface area contributed by atoms with Crippen LogP contribution in [0.4, 0.5) is 0 Å². The van der Waals surface area contributed by atoms with Gasteiger partial charge < -0.3 is 10.2 Å². The van der Waals surface area contributed by atoms with Crippen molar-refractivity contribution in [2.75, 3.05) is 20.6 Å². The van der Waals surface area contributed by atoms with Crippen molar-refractivity contribution in [3.63, 3.8) is 0 Å². The number of hydrogen-bond donors (Lipinski definition) is 1. The van der Waals surface area contributed by atoms with E-state index in [1.165, 1.54) is 17.7 Å². The van der Waals surface area contributed by atoms with Gasteiger partial charge in [0.2, 0.25) is 0 Å². The van der Waals surface area contributed by atoms with Gasteiger partial charge in [0.1, 0.15) is 0 Å². The Morgan fingerprint density at radius 3 is 2.39 bits per heavy atom. The molecule has 0 saturated carbocycles. The number of halogens is 1. The van der Waals surface area contributed by atoms with Gasteiger partial charge in [-0.05, 0) is 32.1 Å². The minimum Gasteiger partial charge on any atom is -0.310 e. The second kappa shape index (κ2) is 8.16. The summed E-state index contributed by atoms with van der Waals surface area (Å²) < 4.78 is 0.871. The first-order chi connectivity index (χ1) is 8.58. The lowest BCUT2D eigenvalue weighted by Gasteiger charge is -2.31. The van der Waals surface area contributed by atoms with E-state index in [9.17, 15) is 0 Å². The Hall–Kier alpha value is -0.0900. The lowest BCUT2D eigenvalue weighted by atomic mass is 9.93. The summed E-state index contributed by atoms with van der Waals surface area (Å²) in [5, 5.41) is 3.56. The monoisotopic (exact) mass is 288 g/mol. The van der Waals surface area contributed by atoms with E-state index in [0.717, 1.165) is 23.3 Å². The number of likely N-dealkylation sites (N-methyl/N-ethyl adjacent to an activating group) is 1. The Morgan fingerprint density at radius 2 is 1.94 bits per heavy atom. The highest BCUT2D eigenvalue weighted by molar-refractivity contribution is 7.16. The first kappa shape index (κ1) is 16.0. The molecular weight excluding hydrogens is 264 g/mol. The Balaban J connectivity index is 2.42. The van der Waals surface area contributed by atoms with E-state index in [1.807, 2.05) is 6.07 Å². The van der Waals surface area contributed by atoms with Gasteiger partial charge in [-0.1, -0.05) is 38.3 Å². The van der Waals surface area contributed by atoms with E-state index in [-0.39, 0.29) is 0 Å². The third-order valence-corrected chi connectivity index (χ3v) is 4.77. The molecule has 0 fully saturated rings. The van der Waals surface area contributed by atoms with Crippen LogP contribution >= 0.6 is 22.9 Å². The van der Waals surface area contributed by atoms with E-state index >= 15 is 0 Å². The molecule has 0 aliphatic rings. The largest absolute Gasteiger partial charge is 0.310 e. The van der Waals surface area contributed by atoms with E-state index in [4.69, 9.17) is 11.6 Å². The van der Waals surface area contributed by atoms with Crippen LogP contribution in [0.5, 0.6) is 0 Å². The van der Waals surface area contributed by atoms with Crippen LogP contribution in [0.25, 0.3) is 0 Å². The summed E-state index contributed by atoms with van der Waals surface area (Å²) in [4.78, 5) is 3.65. The zero-order valence-electron chi connectivity index (χ0n) is 11.9. The lowest BCUT2D eigenvalue weighted by Crippen LogP contribution is -2.42. The maximum absolute atomic E-state index is 5.93. The average Bonchev–Trinajstić information content (AvgIpc) is 2.74.